The maximum absolute atomic E-state index is 12.1. The maximum atomic E-state index is 12.1. The lowest BCUT2D eigenvalue weighted by Gasteiger charge is -2.04. The molecule has 5 nitrogen and oxygen atoms in total. The van der Waals surface area contributed by atoms with Gasteiger partial charge < -0.3 is 9.73 Å². The average Bonchev–Trinajstić information content (AvgIpc) is 2.99. The van der Waals surface area contributed by atoms with Crippen LogP contribution in [0.15, 0.2) is 59.0 Å². The van der Waals surface area contributed by atoms with E-state index in [0.29, 0.717) is 22.2 Å². The van der Waals surface area contributed by atoms with Crippen LogP contribution in [0.3, 0.4) is 0 Å². The predicted molar refractivity (Wildman–Crippen MR) is 85.2 cm³/mol. The molecule has 0 aliphatic heterocycles. The third kappa shape index (κ3) is 3.11. The molecule has 3 rings (SSSR count). The Morgan fingerprint density at radius 3 is 2.61 bits per heavy atom. The van der Waals surface area contributed by atoms with E-state index >= 15 is 0 Å². The van der Waals surface area contributed by atoms with Gasteiger partial charge in [0, 0.05) is 16.6 Å². The molecule has 0 bridgehead atoms. The van der Waals surface area contributed by atoms with Crippen LogP contribution in [0.4, 0.5) is 5.69 Å². The van der Waals surface area contributed by atoms with Gasteiger partial charge in [-0.2, -0.15) is 5.26 Å². The van der Waals surface area contributed by atoms with Crippen LogP contribution in [0.25, 0.3) is 11.0 Å². The molecular weight excluding hydrogens is 292 g/mol. The highest BCUT2D eigenvalue weighted by Gasteiger charge is 2.13. The van der Waals surface area contributed by atoms with Crippen LogP contribution in [-0.4, -0.2) is 11.7 Å². The van der Waals surface area contributed by atoms with Crippen LogP contribution in [0.1, 0.15) is 27.3 Å². The zero-order valence-electron chi connectivity index (χ0n) is 12.1. The van der Waals surface area contributed by atoms with Crippen LogP contribution in [0.2, 0.25) is 0 Å². The summed E-state index contributed by atoms with van der Waals surface area (Å²) in [6.45, 7) is 0. The molecule has 1 N–H and O–H groups in total. The van der Waals surface area contributed by atoms with Gasteiger partial charge in [-0.3, -0.25) is 9.59 Å². The number of nitrogens with zero attached hydrogens (tertiary/aromatic N) is 1. The lowest BCUT2D eigenvalue weighted by molar-refractivity contribution is 0.0972. The number of Topliss-reactive ketones (excluding diaryl/α,β-unsaturated/α-hetero) is 1. The first kappa shape index (κ1) is 14.5. The molecular formula is C18H12N2O3. The molecule has 0 unspecified atom stereocenters. The van der Waals surface area contributed by atoms with Gasteiger partial charge in [-0.15, -0.1) is 0 Å². The lowest BCUT2D eigenvalue weighted by atomic mass is 10.2. The highest BCUT2D eigenvalue weighted by Crippen LogP contribution is 2.24. The summed E-state index contributed by atoms with van der Waals surface area (Å²) < 4.78 is 5.41. The first-order chi connectivity index (χ1) is 11.2. The van der Waals surface area contributed by atoms with Gasteiger partial charge in [0.1, 0.15) is 12.0 Å². The molecule has 0 spiro atoms. The number of nitriles is 1. The summed E-state index contributed by atoms with van der Waals surface area (Å²) >= 11 is 0. The summed E-state index contributed by atoms with van der Waals surface area (Å²) in [4.78, 5) is 23.8. The molecule has 0 atom stereocenters. The van der Waals surface area contributed by atoms with Gasteiger partial charge in [0.05, 0.1) is 6.07 Å². The third-order valence-corrected chi connectivity index (χ3v) is 3.32. The summed E-state index contributed by atoms with van der Waals surface area (Å²) in [5.74, 6) is -0.430. The highest BCUT2D eigenvalue weighted by molar-refractivity contribution is 6.05. The SMILES string of the molecule is N#CCC(=O)c1cc2cc(NC(=O)c3ccccc3)ccc2o1. The van der Waals surface area contributed by atoms with Gasteiger partial charge in [0.25, 0.3) is 5.91 Å². The fraction of sp³-hybridized carbons (Fsp3) is 0.0556. The Balaban J connectivity index is 1.84. The largest absolute Gasteiger partial charge is 0.453 e. The van der Waals surface area contributed by atoms with E-state index < -0.39 is 0 Å². The second kappa shape index (κ2) is 6.16. The van der Waals surface area contributed by atoms with Crippen LogP contribution >= 0.6 is 0 Å². The number of furan rings is 1. The Kier molecular flexibility index (Phi) is 3.89. The number of hydrogen-bond donors (Lipinski definition) is 1. The minimum absolute atomic E-state index is 0.146. The second-order valence-electron chi connectivity index (χ2n) is 4.94. The molecule has 1 heterocycles. The van der Waals surface area contributed by atoms with E-state index in [1.165, 1.54) is 0 Å². The molecule has 0 radical (unpaired) electrons. The normalized spacial score (nSPS) is 10.2. The molecule has 0 saturated carbocycles. The molecule has 0 saturated heterocycles. The van der Waals surface area contributed by atoms with Crippen LogP contribution in [-0.2, 0) is 0 Å². The van der Waals surface area contributed by atoms with E-state index in [0.717, 1.165) is 0 Å². The Morgan fingerprint density at radius 2 is 1.87 bits per heavy atom. The van der Waals surface area contributed by atoms with E-state index in [2.05, 4.69) is 5.32 Å². The Morgan fingerprint density at radius 1 is 1.09 bits per heavy atom. The molecule has 3 aromatic rings. The van der Waals surface area contributed by atoms with E-state index in [9.17, 15) is 9.59 Å². The Labute approximate surface area is 132 Å². The average molecular weight is 304 g/mol. The molecule has 1 amide bonds. The quantitative estimate of drug-likeness (QED) is 0.743. The number of amides is 1. The lowest BCUT2D eigenvalue weighted by Crippen LogP contribution is -2.11. The number of nitrogens with one attached hydrogen (secondary N) is 1. The van der Waals surface area contributed by atoms with Crippen molar-refractivity contribution in [1.29, 1.82) is 5.26 Å². The van der Waals surface area contributed by atoms with Crippen LogP contribution in [0.5, 0.6) is 0 Å². The fourth-order valence-electron chi connectivity index (χ4n) is 2.21. The van der Waals surface area contributed by atoms with Gasteiger partial charge in [0.2, 0.25) is 5.78 Å². The molecule has 0 fully saturated rings. The minimum Gasteiger partial charge on any atom is -0.453 e. The first-order valence-corrected chi connectivity index (χ1v) is 6.97. The van der Waals surface area contributed by atoms with Crippen molar-refractivity contribution in [3.8, 4) is 6.07 Å². The third-order valence-electron chi connectivity index (χ3n) is 3.32. The Hall–Kier alpha value is -3.39. The summed E-state index contributed by atoms with van der Waals surface area (Å²) in [6.07, 6.45) is -0.225. The number of carbonyl (C=O) groups is 2. The maximum Gasteiger partial charge on any atom is 0.255 e. The molecule has 1 aromatic heterocycles. The standard InChI is InChI=1S/C18H12N2O3/c19-9-8-15(21)17-11-13-10-14(6-7-16(13)23-17)20-18(22)12-4-2-1-3-5-12/h1-7,10-11H,8H2,(H,20,22). The smallest absolute Gasteiger partial charge is 0.255 e. The molecule has 23 heavy (non-hydrogen) atoms. The number of ketones is 1. The number of hydrogen-bond acceptors (Lipinski definition) is 4. The molecule has 2 aromatic carbocycles. The summed E-state index contributed by atoms with van der Waals surface area (Å²) in [5, 5.41) is 12.1. The van der Waals surface area contributed by atoms with Gasteiger partial charge in [-0.05, 0) is 36.4 Å². The van der Waals surface area contributed by atoms with Gasteiger partial charge in [-0.25, -0.2) is 0 Å². The van der Waals surface area contributed by atoms with Crippen LogP contribution < -0.4 is 5.32 Å². The topological polar surface area (TPSA) is 83.1 Å². The van der Waals surface area contributed by atoms with E-state index in [1.54, 1.807) is 54.6 Å². The van der Waals surface area contributed by atoms with Crippen LogP contribution in [0, 0.1) is 11.3 Å². The molecule has 5 heteroatoms. The number of benzene rings is 2. The van der Waals surface area contributed by atoms with Crippen molar-refractivity contribution in [1.82, 2.24) is 0 Å². The van der Waals surface area contributed by atoms with Crippen molar-refractivity contribution in [2.45, 2.75) is 6.42 Å². The van der Waals surface area contributed by atoms with Crippen molar-refractivity contribution in [2.24, 2.45) is 0 Å². The summed E-state index contributed by atoms with van der Waals surface area (Å²) in [5.41, 5.74) is 1.69. The van der Waals surface area contributed by atoms with Crippen molar-refractivity contribution >= 4 is 28.3 Å². The van der Waals surface area contributed by atoms with Crippen molar-refractivity contribution in [2.75, 3.05) is 5.32 Å². The highest BCUT2D eigenvalue weighted by atomic mass is 16.3. The Bertz CT molecular complexity index is 920. The van der Waals surface area contributed by atoms with Gasteiger partial charge in [0.15, 0.2) is 5.76 Å². The number of anilines is 1. The number of fused-ring (bicyclic) bond motifs is 1. The van der Waals surface area contributed by atoms with Crippen molar-refractivity contribution < 1.29 is 14.0 Å². The minimum atomic E-state index is -0.362. The number of rotatable bonds is 4. The van der Waals surface area contributed by atoms with Crippen molar-refractivity contribution in [3.05, 3.63) is 65.9 Å². The van der Waals surface area contributed by atoms with E-state index in [-0.39, 0.29) is 23.9 Å². The summed E-state index contributed by atoms with van der Waals surface area (Å²) in [6, 6.07) is 17.4. The fourth-order valence-corrected chi connectivity index (χ4v) is 2.21. The zero-order chi connectivity index (χ0) is 16.2. The van der Waals surface area contributed by atoms with E-state index in [1.807, 2.05) is 6.07 Å². The first-order valence-electron chi connectivity index (χ1n) is 6.97. The molecule has 0 aliphatic carbocycles. The number of carbonyl (C=O) groups excluding carboxylic acids is 2. The van der Waals surface area contributed by atoms with Crippen molar-refractivity contribution in [3.63, 3.8) is 0 Å². The summed E-state index contributed by atoms with van der Waals surface area (Å²) in [7, 11) is 0. The molecule has 112 valence electrons. The van der Waals surface area contributed by atoms with E-state index in [4.69, 9.17) is 9.68 Å². The second-order valence-corrected chi connectivity index (χ2v) is 4.94. The predicted octanol–water partition coefficient (Wildman–Crippen LogP) is 3.78. The monoisotopic (exact) mass is 304 g/mol. The zero-order valence-corrected chi connectivity index (χ0v) is 12.1. The van der Waals surface area contributed by atoms with Gasteiger partial charge in [-0.1, -0.05) is 18.2 Å². The van der Waals surface area contributed by atoms with Gasteiger partial charge >= 0.3 is 0 Å². The molecule has 0 aliphatic rings.